The van der Waals surface area contributed by atoms with Crippen LogP contribution in [0.3, 0.4) is 0 Å². The zero-order valence-electron chi connectivity index (χ0n) is 9.02. The van der Waals surface area contributed by atoms with Crippen molar-refractivity contribution in [2.24, 2.45) is 0 Å². The van der Waals surface area contributed by atoms with E-state index in [0.717, 1.165) is 16.6 Å². The summed E-state index contributed by atoms with van der Waals surface area (Å²) in [6, 6.07) is 1.91. The lowest BCUT2D eigenvalue weighted by Crippen LogP contribution is -1.95. The molecule has 15 heavy (non-hydrogen) atoms. The van der Waals surface area contributed by atoms with Crippen molar-refractivity contribution in [3.63, 3.8) is 0 Å². The highest BCUT2D eigenvalue weighted by molar-refractivity contribution is 7.37. The zero-order valence-corrected chi connectivity index (χ0v) is 10.0. The molecule has 4 nitrogen and oxygen atoms in total. The average molecular weight is 223 g/mol. The van der Waals surface area contributed by atoms with E-state index < -0.39 is 0 Å². The smallest absolute Gasteiger partial charge is 0.215 e. The van der Waals surface area contributed by atoms with E-state index in [1.54, 1.807) is 6.20 Å². The number of aromatic hydroxyl groups is 1. The summed E-state index contributed by atoms with van der Waals surface area (Å²) in [6.07, 6.45) is 1.80. The molecule has 5 heteroatoms. The van der Waals surface area contributed by atoms with Gasteiger partial charge in [0.05, 0.1) is 6.20 Å². The van der Waals surface area contributed by atoms with Gasteiger partial charge in [-0.25, -0.2) is 4.45 Å². The minimum Gasteiger partial charge on any atom is -0.493 e. The number of rotatable bonds is 2. The van der Waals surface area contributed by atoms with E-state index in [4.69, 9.17) is 0 Å². The van der Waals surface area contributed by atoms with Crippen LogP contribution in [-0.2, 0) is 0 Å². The molecule has 1 atom stereocenters. The van der Waals surface area contributed by atoms with Crippen LogP contribution in [0.1, 0.15) is 19.4 Å². The number of aromatic nitrogens is 3. The van der Waals surface area contributed by atoms with Crippen molar-refractivity contribution < 1.29 is 5.11 Å². The van der Waals surface area contributed by atoms with Crippen LogP contribution in [0, 0.1) is 6.92 Å². The molecule has 0 saturated carbocycles. The fraction of sp³-hybridized carbons (Fsp3) is 0.400. The molecule has 2 heterocycles. The molecule has 0 radical (unpaired) electrons. The minimum absolute atomic E-state index is 0.0952. The van der Waals surface area contributed by atoms with Gasteiger partial charge in [-0.05, 0) is 18.6 Å². The second-order valence-electron chi connectivity index (χ2n) is 3.88. The summed E-state index contributed by atoms with van der Waals surface area (Å²) in [5, 5.41) is 14.8. The molecule has 0 fully saturated rings. The third-order valence-corrected chi connectivity index (χ3v) is 3.18. The predicted octanol–water partition coefficient (Wildman–Crippen LogP) is 2.30. The van der Waals surface area contributed by atoms with Crippen molar-refractivity contribution in [3.8, 4) is 5.88 Å². The normalized spacial score (nSPS) is 12.3. The van der Waals surface area contributed by atoms with Crippen molar-refractivity contribution in [2.45, 2.75) is 26.4 Å². The maximum absolute atomic E-state index is 9.55. The second kappa shape index (κ2) is 3.78. The number of nitrogens with zero attached hydrogens (tertiary/aromatic N) is 3. The lowest BCUT2D eigenvalue weighted by atomic mass is 10.2. The molecule has 2 aromatic rings. The van der Waals surface area contributed by atoms with Crippen molar-refractivity contribution in [3.05, 3.63) is 17.8 Å². The van der Waals surface area contributed by atoms with Crippen LogP contribution in [0.5, 0.6) is 5.88 Å². The van der Waals surface area contributed by atoms with Crippen LogP contribution in [0.15, 0.2) is 12.3 Å². The second-order valence-corrected chi connectivity index (χ2v) is 5.72. The lowest BCUT2D eigenvalue weighted by molar-refractivity contribution is 0.451. The average Bonchev–Trinajstić information content (AvgIpc) is 2.49. The van der Waals surface area contributed by atoms with Gasteiger partial charge in [-0.1, -0.05) is 13.8 Å². The molecule has 0 bridgehead atoms. The zero-order chi connectivity index (χ0) is 11.0. The Morgan fingerprint density at radius 3 is 2.87 bits per heavy atom. The summed E-state index contributed by atoms with van der Waals surface area (Å²) in [5.74, 6) is 0.0952. The molecule has 1 N–H and O–H groups in total. The molecule has 0 aliphatic rings. The van der Waals surface area contributed by atoms with Gasteiger partial charge in [0, 0.05) is 19.7 Å². The Hall–Kier alpha value is -1.15. The first-order valence-electron chi connectivity index (χ1n) is 4.89. The first kappa shape index (κ1) is 10.4. The predicted molar refractivity (Wildman–Crippen MR) is 62.8 cm³/mol. The molecule has 2 rings (SSSR count). The maximum Gasteiger partial charge on any atom is 0.215 e. The number of hydrogen-bond acceptors (Lipinski definition) is 3. The van der Waals surface area contributed by atoms with Gasteiger partial charge in [0.2, 0.25) is 5.88 Å². The Labute approximate surface area is 90.2 Å². The molecule has 0 aliphatic carbocycles. The third kappa shape index (κ3) is 1.95. The molecule has 0 aliphatic heterocycles. The van der Waals surface area contributed by atoms with Gasteiger partial charge < -0.3 is 5.11 Å². The fourth-order valence-corrected chi connectivity index (χ4v) is 2.31. The number of aryl methyl sites for hydroxylation is 1. The standard InChI is InChI=1S/C10H14N3OP/c1-6(2)15-13-9-8(5-11-13)4-7(3)10(14)12-9/h4-6,15H,1-3H3,(H,12,14). The lowest BCUT2D eigenvalue weighted by Gasteiger charge is -2.06. The number of hydrogen-bond donors (Lipinski definition) is 1. The summed E-state index contributed by atoms with van der Waals surface area (Å²) >= 11 is 0. The Bertz CT molecular complexity index is 493. The number of fused-ring (bicyclic) bond motifs is 1. The Kier molecular flexibility index (Phi) is 2.61. The van der Waals surface area contributed by atoms with E-state index in [1.807, 2.05) is 17.4 Å². The summed E-state index contributed by atoms with van der Waals surface area (Å²) < 4.78 is 1.86. The van der Waals surface area contributed by atoms with Gasteiger partial charge in [-0.2, -0.15) is 10.1 Å². The van der Waals surface area contributed by atoms with Crippen molar-refractivity contribution in [1.82, 2.24) is 14.5 Å². The Morgan fingerprint density at radius 2 is 2.20 bits per heavy atom. The molecule has 80 valence electrons. The van der Waals surface area contributed by atoms with Crippen LogP contribution in [0.25, 0.3) is 11.0 Å². The third-order valence-electron chi connectivity index (χ3n) is 2.09. The van der Waals surface area contributed by atoms with Gasteiger partial charge in [0.25, 0.3) is 0 Å². The van der Waals surface area contributed by atoms with Gasteiger partial charge in [0.15, 0.2) is 5.65 Å². The van der Waals surface area contributed by atoms with E-state index in [1.165, 1.54) is 0 Å². The first-order chi connectivity index (χ1) is 7.08. The molecule has 0 saturated heterocycles. The highest BCUT2D eigenvalue weighted by Crippen LogP contribution is 2.27. The summed E-state index contributed by atoms with van der Waals surface area (Å²) in [4.78, 5) is 4.15. The van der Waals surface area contributed by atoms with Crippen LogP contribution >= 0.6 is 8.73 Å². The molecule has 2 aromatic heterocycles. The van der Waals surface area contributed by atoms with E-state index in [-0.39, 0.29) is 5.88 Å². The Morgan fingerprint density at radius 1 is 1.47 bits per heavy atom. The molecule has 0 amide bonds. The SMILES string of the molecule is Cc1cc2cnn(PC(C)C)c2nc1O. The van der Waals surface area contributed by atoms with Crippen molar-refractivity contribution >= 4 is 19.8 Å². The highest BCUT2D eigenvalue weighted by Gasteiger charge is 2.08. The molecule has 0 spiro atoms. The number of pyridine rings is 1. The quantitative estimate of drug-likeness (QED) is 0.795. The minimum atomic E-state index is 0.0952. The van der Waals surface area contributed by atoms with E-state index in [0.29, 0.717) is 14.4 Å². The Balaban J connectivity index is 2.54. The monoisotopic (exact) mass is 223 g/mol. The topological polar surface area (TPSA) is 50.9 Å². The van der Waals surface area contributed by atoms with Crippen LogP contribution in [-0.4, -0.2) is 25.3 Å². The molecular weight excluding hydrogens is 209 g/mol. The van der Waals surface area contributed by atoms with Gasteiger partial charge in [-0.15, -0.1) is 0 Å². The van der Waals surface area contributed by atoms with Crippen LogP contribution in [0.2, 0.25) is 0 Å². The van der Waals surface area contributed by atoms with Gasteiger partial charge >= 0.3 is 0 Å². The molecule has 1 unspecified atom stereocenters. The maximum atomic E-state index is 9.55. The largest absolute Gasteiger partial charge is 0.493 e. The van der Waals surface area contributed by atoms with Crippen molar-refractivity contribution in [2.75, 3.05) is 0 Å². The fourth-order valence-electron chi connectivity index (χ4n) is 1.39. The van der Waals surface area contributed by atoms with Crippen LogP contribution < -0.4 is 0 Å². The molecular formula is C10H14N3OP. The van der Waals surface area contributed by atoms with Gasteiger partial charge in [-0.3, -0.25) is 0 Å². The summed E-state index contributed by atoms with van der Waals surface area (Å²) in [5.41, 5.74) is 2.10. The molecule has 0 aromatic carbocycles. The first-order valence-corrected chi connectivity index (χ1v) is 5.91. The highest BCUT2D eigenvalue weighted by atomic mass is 31.1. The summed E-state index contributed by atoms with van der Waals surface area (Å²) in [6.45, 7) is 6.11. The van der Waals surface area contributed by atoms with E-state index in [9.17, 15) is 5.11 Å². The van der Waals surface area contributed by atoms with Crippen molar-refractivity contribution in [1.29, 1.82) is 0 Å². The van der Waals surface area contributed by atoms with Gasteiger partial charge in [0.1, 0.15) is 0 Å². The van der Waals surface area contributed by atoms with E-state index in [2.05, 4.69) is 23.9 Å². The summed E-state index contributed by atoms with van der Waals surface area (Å²) in [7, 11) is 0.564. The van der Waals surface area contributed by atoms with E-state index >= 15 is 0 Å². The van der Waals surface area contributed by atoms with Crippen LogP contribution in [0.4, 0.5) is 0 Å².